The van der Waals surface area contributed by atoms with E-state index in [1.165, 1.54) is 42.4 Å². The molecule has 5 rings (SSSR count). The van der Waals surface area contributed by atoms with E-state index in [4.69, 9.17) is 15.2 Å². The zero-order valence-electron chi connectivity index (χ0n) is 25.6. The number of nitrogens with zero attached hydrogens (tertiary/aromatic N) is 4. The number of aromatic nitrogens is 4. The fourth-order valence-electron chi connectivity index (χ4n) is 5.31. The summed E-state index contributed by atoms with van der Waals surface area (Å²) in [5.41, 5.74) is 6.47. The average molecular weight is 719 g/mol. The molecule has 1 saturated heterocycles. The first-order valence-corrected chi connectivity index (χ1v) is 17.0. The fourth-order valence-corrected chi connectivity index (χ4v) is 7.37. The normalized spacial score (nSPS) is 29.5. The van der Waals surface area contributed by atoms with Gasteiger partial charge in [0.1, 0.15) is 41.4 Å². The number of carbonyl (C=O) groups is 1. The molecule has 22 heteroatoms. The van der Waals surface area contributed by atoms with Gasteiger partial charge >= 0.3 is 0 Å². The Kier molecular flexibility index (Phi) is 11.9. The zero-order valence-corrected chi connectivity index (χ0v) is 27.4. The van der Waals surface area contributed by atoms with Gasteiger partial charge in [0, 0.05) is 24.0 Å². The van der Waals surface area contributed by atoms with E-state index in [0.717, 1.165) is 4.68 Å². The summed E-state index contributed by atoms with van der Waals surface area (Å²) in [6.07, 6.45) is -4.61. The molecule has 3 heterocycles. The van der Waals surface area contributed by atoms with Crippen molar-refractivity contribution in [3.8, 4) is 17.0 Å². The first-order chi connectivity index (χ1) is 22.2. The summed E-state index contributed by atoms with van der Waals surface area (Å²) in [6, 6.07) is 9.00. The zero-order chi connectivity index (χ0) is 34.1. The summed E-state index contributed by atoms with van der Waals surface area (Å²) in [7, 11) is -9.72. The van der Waals surface area contributed by atoms with Crippen LogP contribution in [0.3, 0.4) is 0 Å². The molecule has 2 aromatic heterocycles. The Hall–Kier alpha value is -3.20. The topological polar surface area (TPSA) is 322 Å². The van der Waals surface area contributed by atoms with Crippen LogP contribution < -0.4 is 31.0 Å². The van der Waals surface area contributed by atoms with Gasteiger partial charge in [-0.15, -0.1) is 5.10 Å². The number of phosphoric acid groups is 2. The molecule has 3 aromatic rings. The number of rotatable bonds is 13. The molecule has 20 nitrogen and oxygen atoms in total. The number of carbonyl (C=O) groups excluding carboxylic acids is 1. The van der Waals surface area contributed by atoms with Crippen molar-refractivity contribution in [2.75, 3.05) is 20.3 Å². The lowest BCUT2D eigenvalue weighted by molar-refractivity contribution is -0.728. The molecular weight excluding hydrogens is 682 g/mol. The van der Waals surface area contributed by atoms with Crippen LogP contribution in [0, 0.1) is 5.92 Å². The van der Waals surface area contributed by atoms with Crippen LogP contribution in [0.2, 0.25) is 0 Å². The summed E-state index contributed by atoms with van der Waals surface area (Å²) in [5, 5.41) is 49.8. The smallest absolute Gasteiger partial charge is 0.274 e. The second-order valence-corrected chi connectivity index (χ2v) is 13.8. The van der Waals surface area contributed by atoms with Gasteiger partial charge in [0.2, 0.25) is 0 Å². The first kappa shape index (κ1) is 37.6. The number of phosphoric ester groups is 2. The van der Waals surface area contributed by atoms with Gasteiger partial charge in [-0.05, 0) is 30.3 Å². The number of ether oxygens (including phenoxy) is 2. The molecule has 10 atom stereocenters. The molecule has 1 aromatic carbocycles. The van der Waals surface area contributed by atoms with E-state index in [2.05, 4.69) is 23.7 Å². The van der Waals surface area contributed by atoms with Crippen LogP contribution in [0.25, 0.3) is 11.3 Å². The summed E-state index contributed by atoms with van der Waals surface area (Å²) in [6.45, 7) is -1.72. The van der Waals surface area contributed by atoms with E-state index in [9.17, 15) is 44.1 Å². The number of aliphatic hydroxyl groups excluding tert-OH is 4. The number of primary amides is 1. The summed E-state index contributed by atoms with van der Waals surface area (Å²) >= 11 is 0. The lowest BCUT2D eigenvalue weighted by atomic mass is 10.1. The predicted octanol–water partition coefficient (Wildman–Crippen LogP) is -1.69. The van der Waals surface area contributed by atoms with Crippen molar-refractivity contribution in [2.24, 2.45) is 11.7 Å². The van der Waals surface area contributed by atoms with Gasteiger partial charge in [0.15, 0.2) is 24.7 Å². The van der Waals surface area contributed by atoms with Crippen LogP contribution in [0.5, 0.6) is 5.75 Å². The van der Waals surface area contributed by atoms with Gasteiger partial charge < -0.3 is 60.6 Å². The maximum Gasteiger partial charge on any atom is 0.274 e. The Balaban J connectivity index is 0.00000520. The van der Waals surface area contributed by atoms with Gasteiger partial charge in [0.05, 0.1) is 32.6 Å². The van der Waals surface area contributed by atoms with Crippen molar-refractivity contribution in [3.63, 3.8) is 0 Å². The summed E-state index contributed by atoms with van der Waals surface area (Å²) < 4.78 is 51.3. The van der Waals surface area contributed by atoms with E-state index < -0.39 is 83.5 Å². The minimum Gasteiger partial charge on any atom is -0.756 e. The molecule has 10 N–H and O–H groups in total. The largest absolute Gasteiger partial charge is 0.756 e. The third kappa shape index (κ3) is 8.50. The van der Waals surface area contributed by atoms with E-state index in [1.54, 1.807) is 24.3 Å². The molecule has 1 amide bonds. The van der Waals surface area contributed by atoms with Crippen molar-refractivity contribution in [2.45, 2.75) is 49.2 Å². The molecule has 48 heavy (non-hydrogen) atoms. The van der Waals surface area contributed by atoms with E-state index in [1.807, 2.05) is 0 Å². The second-order valence-electron chi connectivity index (χ2n) is 10.9. The maximum atomic E-state index is 12.4. The van der Waals surface area contributed by atoms with E-state index >= 15 is 0 Å². The van der Waals surface area contributed by atoms with Crippen molar-refractivity contribution >= 4 is 21.6 Å². The quantitative estimate of drug-likeness (QED) is 0.0848. The van der Waals surface area contributed by atoms with Crippen LogP contribution in [0.1, 0.15) is 29.0 Å². The van der Waals surface area contributed by atoms with Gasteiger partial charge in [-0.2, -0.15) is 4.57 Å². The Morgan fingerprint density at radius 1 is 1.04 bits per heavy atom. The number of hydrogen-bond acceptors (Lipinski definition) is 16. The number of nitrogens with two attached hydrogens (primary N) is 1. The minimum absolute atomic E-state index is 0. The molecule has 0 spiro atoms. The van der Waals surface area contributed by atoms with Crippen molar-refractivity contribution in [1.29, 1.82) is 0 Å². The van der Waals surface area contributed by atoms with Crippen LogP contribution in [0.4, 0.5) is 0 Å². The maximum absolute atomic E-state index is 12.4. The third-order valence-corrected chi connectivity index (χ3v) is 10.3. The molecular formula is C26H36N6O14P2. The highest BCUT2D eigenvalue weighted by molar-refractivity contribution is 7.59. The standard InChI is InChI=1S/C26H33N5O14P2.H3N/c1-41-17-6-4-14(5-7-17)18-11-31(29-28-18)26-24(35)23(34)20(44-26)13-43-47(39,40)45-46(37,38)42-12-16-9-19(22(33)21(16)32)30-8-2-3-15(10-30)25(27)36;/h2-8,10-11,16,19-24,26,32-35H,9,12-13H2,1H3,(H3-,27,36,37,38,39,40);1H3/t16-,19-,20+,21-,22+,23+,24+,26+;/m1./s1. The van der Waals surface area contributed by atoms with Crippen molar-refractivity contribution in [3.05, 3.63) is 60.6 Å². The Morgan fingerprint density at radius 3 is 2.35 bits per heavy atom. The summed E-state index contributed by atoms with van der Waals surface area (Å²) in [4.78, 5) is 36.2. The minimum atomic E-state index is -5.64. The van der Waals surface area contributed by atoms with E-state index in [-0.39, 0.29) is 18.1 Å². The number of amides is 1. The molecule has 2 aliphatic rings. The Morgan fingerprint density at radius 2 is 1.71 bits per heavy atom. The fraction of sp³-hybridized carbons (Fsp3) is 0.462. The third-order valence-electron chi connectivity index (χ3n) is 7.80. The highest BCUT2D eigenvalue weighted by Crippen LogP contribution is 2.56. The number of methoxy groups -OCH3 is 1. The first-order valence-electron chi connectivity index (χ1n) is 14.0. The van der Waals surface area contributed by atoms with Crippen LogP contribution in [-0.2, 0) is 27.2 Å². The summed E-state index contributed by atoms with van der Waals surface area (Å²) in [5.74, 6) is -1.09. The van der Waals surface area contributed by atoms with Gasteiger partial charge in [-0.25, -0.2) is 8.99 Å². The van der Waals surface area contributed by atoms with Gasteiger partial charge in [0.25, 0.3) is 21.6 Å². The SMILES string of the molecule is COc1ccc(-c2cn([C@H]3O[C@@H](COP(=O)([O-])OP(=O)([O-])OC[C@H]4C[C@@H]([n+]5cccc(C(N)=O)c5)[C@H](O)[C@@H]4O)[C@H](O)[C@@H]3O)nn2)cc1.[NH4+]. The number of quaternary nitrogens is 1. The molecule has 0 bridgehead atoms. The lowest BCUT2D eigenvalue weighted by Crippen LogP contribution is -2.45. The second kappa shape index (κ2) is 15.1. The molecule has 1 saturated carbocycles. The molecule has 0 radical (unpaired) electrons. The van der Waals surface area contributed by atoms with Crippen LogP contribution in [-0.4, -0.2) is 92.2 Å². The van der Waals surface area contributed by atoms with Gasteiger partial charge in [-0.1, -0.05) is 5.21 Å². The number of aliphatic hydroxyl groups is 4. The van der Waals surface area contributed by atoms with Crippen molar-refractivity contribution in [1.82, 2.24) is 21.1 Å². The Labute approximate surface area is 273 Å². The van der Waals surface area contributed by atoms with E-state index in [0.29, 0.717) is 17.0 Å². The monoisotopic (exact) mass is 718 g/mol. The van der Waals surface area contributed by atoms with Crippen LogP contribution >= 0.6 is 15.6 Å². The highest BCUT2D eigenvalue weighted by atomic mass is 31.3. The predicted molar refractivity (Wildman–Crippen MR) is 156 cm³/mol. The highest BCUT2D eigenvalue weighted by Gasteiger charge is 2.48. The van der Waals surface area contributed by atoms with Crippen molar-refractivity contribution < 1.29 is 71.5 Å². The van der Waals surface area contributed by atoms with Crippen LogP contribution in [0.15, 0.2) is 55.0 Å². The molecule has 2 fully saturated rings. The molecule has 1 aliphatic carbocycles. The molecule has 2 unspecified atom stereocenters. The van der Waals surface area contributed by atoms with Gasteiger partial charge in [-0.3, -0.25) is 13.9 Å². The number of benzene rings is 1. The number of pyridine rings is 1. The average Bonchev–Trinajstić information content (AvgIpc) is 3.71. The Bertz CT molecular complexity index is 1660. The molecule has 264 valence electrons. The molecule has 1 aliphatic heterocycles. The lowest BCUT2D eigenvalue weighted by Gasteiger charge is -2.32. The number of hydrogen-bond donors (Lipinski definition) is 6.